The number of aromatic carboxylic acids is 1. The minimum atomic E-state index is -1.05. The van der Waals surface area contributed by atoms with Crippen molar-refractivity contribution in [2.45, 2.75) is 24.5 Å². The molecule has 0 bridgehead atoms. The van der Waals surface area contributed by atoms with E-state index in [4.69, 9.17) is 5.11 Å². The first kappa shape index (κ1) is 12.2. The third kappa shape index (κ3) is 2.88. The van der Waals surface area contributed by atoms with Crippen LogP contribution in [0.25, 0.3) is 0 Å². The number of nitrogens with one attached hydrogen (secondary N) is 1. The number of thioether (sulfide) groups is 1. The van der Waals surface area contributed by atoms with Crippen molar-refractivity contribution in [3.63, 3.8) is 0 Å². The van der Waals surface area contributed by atoms with E-state index in [1.165, 1.54) is 24.6 Å². The zero-order valence-corrected chi connectivity index (χ0v) is 10.5. The number of carboxylic acid groups (broad SMARTS) is 1. The van der Waals surface area contributed by atoms with Crippen molar-refractivity contribution in [2.24, 2.45) is 0 Å². The lowest BCUT2D eigenvalue weighted by Crippen LogP contribution is -2.28. The molecule has 0 amide bonds. The topological polar surface area (TPSA) is 75.1 Å². The van der Waals surface area contributed by atoms with E-state index in [1.54, 1.807) is 0 Å². The van der Waals surface area contributed by atoms with Gasteiger partial charge >= 0.3 is 5.97 Å². The average Bonchev–Trinajstić information content (AvgIpc) is 2.74. The average molecular weight is 253 g/mol. The quantitative estimate of drug-likeness (QED) is 0.853. The summed E-state index contributed by atoms with van der Waals surface area (Å²) in [5, 5.41) is 12.1. The van der Waals surface area contributed by atoms with Gasteiger partial charge in [-0.2, -0.15) is 11.8 Å². The number of rotatable bonds is 4. The second-order valence-electron chi connectivity index (χ2n) is 4.31. The molecule has 17 heavy (non-hydrogen) atoms. The third-order valence-corrected chi connectivity index (χ3v) is 4.37. The van der Waals surface area contributed by atoms with Gasteiger partial charge in [0.2, 0.25) is 0 Å². The number of carbonyl (C=O) groups is 1. The van der Waals surface area contributed by atoms with Crippen molar-refractivity contribution in [3.05, 3.63) is 18.1 Å². The molecular weight excluding hydrogens is 238 g/mol. The van der Waals surface area contributed by atoms with Gasteiger partial charge in [-0.05, 0) is 25.5 Å². The molecule has 0 spiro atoms. The Morgan fingerprint density at radius 2 is 2.35 bits per heavy atom. The normalized spacial score (nSPS) is 23.6. The molecule has 1 atom stereocenters. The van der Waals surface area contributed by atoms with Crippen LogP contribution in [-0.4, -0.2) is 38.1 Å². The lowest BCUT2D eigenvalue weighted by molar-refractivity contribution is 0.0691. The maximum atomic E-state index is 10.9. The molecule has 1 saturated heterocycles. The van der Waals surface area contributed by atoms with E-state index in [2.05, 4.69) is 22.2 Å². The molecule has 1 fully saturated rings. The number of anilines is 1. The zero-order valence-electron chi connectivity index (χ0n) is 9.64. The number of nitrogens with zero attached hydrogens (tertiary/aromatic N) is 2. The van der Waals surface area contributed by atoms with Crippen LogP contribution in [0, 0.1) is 0 Å². The summed E-state index contributed by atoms with van der Waals surface area (Å²) in [6.07, 6.45) is 5.25. The van der Waals surface area contributed by atoms with Gasteiger partial charge in [0.05, 0.1) is 0 Å². The monoisotopic (exact) mass is 253 g/mol. The summed E-state index contributed by atoms with van der Waals surface area (Å²) in [6, 6.07) is 0. The summed E-state index contributed by atoms with van der Waals surface area (Å²) in [5.74, 6) is 0.475. The molecule has 2 heterocycles. The SMILES string of the molecule is CC1(CNc2nccnc2C(=O)O)CCCS1. The van der Waals surface area contributed by atoms with Gasteiger partial charge in [0.15, 0.2) is 11.5 Å². The van der Waals surface area contributed by atoms with Crippen LogP contribution in [-0.2, 0) is 0 Å². The van der Waals surface area contributed by atoms with Gasteiger partial charge in [-0.15, -0.1) is 0 Å². The van der Waals surface area contributed by atoms with Gasteiger partial charge in [-0.1, -0.05) is 0 Å². The van der Waals surface area contributed by atoms with Gasteiger partial charge in [0.1, 0.15) is 0 Å². The van der Waals surface area contributed by atoms with Crippen molar-refractivity contribution < 1.29 is 9.90 Å². The molecule has 2 rings (SSSR count). The molecule has 1 aromatic rings. The van der Waals surface area contributed by atoms with Gasteiger partial charge in [0.25, 0.3) is 0 Å². The first-order valence-corrected chi connectivity index (χ1v) is 6.51. The van der Waals surface area contributed by atoms with Crippen LogP contribution in [0.5, 0.6) is 0 Å². The van der Waals surface area contributed by atoms with Crippen molar-refractivity contribution in [1.82, 2.24) is 9.97 Å². The summed E-state index contributed by atoms with van der Waals surface area (Å²) < 4.78 is 0.174. The molecule has 0 saturated carbocycles. The Morgan fingerprint density at radius 3 is 3.00 bits per heavy atom. The summed E-state index contributed by atoms with van der Waals surface area (Å²) in [4.78, 5) is 18.8. The molecule has 0 aromatic carbocycles. The van der Waals surface area contributed by atoms with Crippen LogP contribution in [0.1, 0.15) is 30.3 Å². The van der Waals surface area contributed by atoms with Gasteiger partial charge in [-0.25, -0.2) is 14.8 Å². The second-order valence-corrected chi connectivity index (χ2v) is 6.00. The molecule has 1 aromatic heterocycles. The molecule has 1 aliphatic heterocycles. The highest BCUT2D eigenvalue weighted by molar-refractivity contribution is 8.00. The van der Waals surface area contributed by atoms with E-state index in [1.807, 2.05) is 11.8 Å². The van der Waals surface area contributed by atoms with Crippen LogP contribution in [0.4, 0.5) is 5.82 Å². The Labute approximate surface area is 104 Å². The highest BCUT2D eigenvalue weighted by atomic mass is 32.2. The predicted octanol–water partition coefficient (Wildman–Crippen LogP) is 1.87. The fraction of sp³-hybridized carbons (Fsp3) is 0.545. The van der Waals surface area contributed by atoms with Crippen molar-refractivity contribution >= 4 is 23.5 Å². The molecule has 5 nitrogen and oxygen atoms in total. The molecule has 0 radical (unpaired) electrons. The highest BCUT2D eigenvalue weighted by Gasteiger charge is 2.29. The number of carboxylic acids is 1. The molecule has 1 unspecified atom stereocenters. The van der Waals surface area contributed by atoms with Crippen molar-refractivity contribution in [3.8, 4) is 0 Å². The molecule has 0 aliphatic carbocycles. The Kier molecular flexibility index (Phi) is 3.51. The lowest BCUT2D eigenvalue weighted by atomic mass is 10.1. The summed E-state index contributed by atoms with van der Waals surface area (Å²) >= 11 is 1.92. The standard InChI is InChI=1S/C11H15N3O2S/c1-11(3-2-6-17-11)7-14-9-8(10(15)16)12-4-5-13-9/h4-5H,2-3,6-7H2,1H3,(H,13,14)(H,15,16). The van der Waals surface area contributed by atoms with Gasteiger partial charge < -0.3 is 10.4 Å². The second kappa shape index (κ2) is 4.91. The maximum Gasteiger partial charge on any atom is 0.358 e. The molecular formula is C11H15N3O2S. The smallest absolute Gasteiger partial charge is 0.358 e. The lowest BCUT2D eigenvalue weighted by Gasteiger charge is -2.23. The predicted molar refractivity (Wildman–Crippen MR) is 67.6 cm³/mol. The van der Waals surface area contributed by atoms with Crippen LogP contribution in [0.3, 0.4) is 0 Å². The molecule has 1 aliphatic rings. The van der Waals surface area contributed by atoms with Gasteiger partial charge in [-0.3, -0.25) is 0 Å². The first-order valence-electron chi connectivity index (χ1n) is 5.53. The van der Waals surface area contributed by atoms with Gasteiger partial charge in [0, 0.05) is 23.7 Å². The van der Waals surface area contributed by atoms with E-state index in [9.17, 15) is 4.79 Å². The highest BCUT2D eigenvalue weighted by Crippen LogP contribution is 2.37. The summed E-state index contributed by atoms with van der Waals surface area (Å²) in [6.45, 7) is 2.91. The van der Waals surface area contributed by atoms with E-state index >= 15 is 0 Å². The summed E-state index contributed by atoms with van der Waals surface area (Å²) in [5.41, 5.74) is -0.0147. The van der Waals surface area contributed by atoms with Crippen molar-refractivity contribution in [1.29, 1.82) is 0 Å². The van der Waals surface area contributed by atoms with E-state index in [0.29, 0.717) is 5.82 Å². The largest absolute Gasteiger partial charge is 0.476 e. The fourth-order valence-electron chi connectivity index (χ4n) is 1.87. The number of hydrogen-bond acceptors (Lipinski definition) is 5. The number of hydrogen-bond donors (Lipinski definition) is 2. The van der Waals surface area contributed by atoms with E-state index < -0.39 is 5.97 Å². The minimum Gasteiger partial charge on any atom is -0.476 e. The number of aromatic nitrogens is 2. The van der Waals surface area contributed by atoms with E-state index in [-0.39, 0.29) is 10.4 Å². The molecule has 2 N–H and O–H groups in total. The third-order valence-electron chi connectivity index (χ3n) is 2.83. The Bertz CT molecular complexity index is 419. The Balaban J connectivity index is 2.06. The Hall–Kier alpha value is -1.30. The molecule has 6 heteroatoms. The summed E-state index contributed by atoms with van der Waals surface area (Å²) in [7, 11) is 0. The fourth-order valence-corrected chi connectivity index (χ4v) is 3.12. The molecule has 92 valence electrons. The Morgan fingerprint density at radius 1 is 1.59 bits per heavy atom. The van der Waals surface area contributed by atoms with Crippen molar-refractivity contribution in [2.75, 3.05) is 17.6 Å². The zero-order chi connectivity index (χ0) is 12.3. The van der Waals surface area contributed by atoms with E-state index in [0.717, 1.165) is 13.0 Å². The first-order chi connectivity index (χ1) is 8.11. The van der Waals surface area contributed by atoms with Crippen LogP contribution in [0.2, 0.25) is 0 Å². The van der Waals surface area contributed by atoms with Crippen LogP contribution < -0.4 is 5.32 Å². The maximum absolute atomic E-state index is 10.9. The van der Waals surface area contributed by atoms with Crippen LogP contribution in [0.15, 0.2) is 12.4 Å². The minimum absolute atomic E-state index is 0.0147. The van der Waals surface area contributed by atoms with Crippen LogP contribution >= 0.6 is 11.8 Å².